The van der Waals surface area contributed by atoms with Crippen LogP contribution in [0.3, 0.4) is 0 Å². The zero-order chi connectivity index (χ0) is 14.2. The van der Waals surface area contributed by atoms with Crippen LogP contribution >= 0.6 is 15.9 Å². The SMILES string of the molecule is Brc1ccc2cc(CN3CCCCC3)c3c(c2c1)COC3. The van der Waals surface area contributed by atoms with Crippen LogP contribution in [-0.2, 0) is 24.5 Å². The fourth-order valence-corrected chi connectivity index (χ4v) is 4.01. The van der Waals surface area contributed by atoms with Crippen LogP contribution in [0.15, 0.2) is 28.7 Å². The molecule has 0 bridgehead atoms. The summed E-state index contributed by atoms with van der Waals surface area (Å²) in [4.78, 5) is 2.60. The first-order chi connectivity index (χ1) is 10.3. The Hall–Kier alpha value is -0.900. The van der Waals surface area contributed by atoms with Crippen molar-refractivity contribution < 1.29 is 4.74 Å². The van der Waals surface area contributed by atoms with E-state index in [9.17, 15) is 0 Å². The van der Waals surface area contributed by atoms with Gasteiger partial charge in [-0.05, 0) is 71.6 Å². The molecule has 0 amide bonds. The van der Waals surface area contributed by atoms with Crippen molar-refractivity contribution in [2.75, 3.05) is 13.1 Å². The monoisotopic (exact) mass is 345 g/mol. The third-order valence-electron chi connectivity index (χ3n) is 4.76. The van der Waals surface area contributed by atoms with Crippen molar-refractivity contribution in [2.45, 2.75) is 39.0 Å². The standard InChI is InChI=1S/C18H20BrNO/c19-15-5-4-13-8-14(10-20-6-2-1-3-7-20)17-11-21-12-18(17)16(13)9-15/h4-5,8-9H,1-3,6-7,10-12H2. The van der Waals surface area contributed by atoms with Crippen molar-refractivity contribution >= 4 is 26.7 Å². The molecule has 0 aromatic heterocycles. The van der Waals surface area contributed by atoms with Gasteiger partial charge in [-0.3, -0.25) is 4.90 Å². The number of hydrogen-bond acceptors (Lipinski definition) is 2. The van der Waals surface area contributed by atoms with Crippen LogP contribution in [0.1, 0.15) is 36.0 Å². The highest BCUT2D eigenvalue weighted by molar-refractivity contribution is 9.10. The molecule has 0 saturated carbocycles. The second-order valence-electron chi connectivity index (χ2n) is 6.19. The summed E-state index contributed by atoms with van der Waals surface area (Å²) in [5.41, 5.74) is 4.31. The quantitative estimate of drug-likeness (QED) is 0.787. The van der Waals surface area contributed by atoms with Gasteiger partial charge in [0.2, 0.25) is 0 Å². The van der Waals surface area contributed by atoms with E-state index in [-0.39, 0.29) is 0 Å². The molecule has 0 N–H and O–H groups in total. The minimum absolute atomic E-state index is 0.760. The molecule has 3 heteroatoms. The fourth-order valence-electron chi connectivity index (χ4n) is 3.65. The van der Waals surface area contributed by atoms with Gasteiger partial charge in [0.1, 0.15) is 0 Å². The summed E-state index contributed by atoms with van der Waals surface area (Å²) >= 11 is 3.59. The highest BCUT2D eigenvalue weighted by Crippen LogP contribution is 2.34. The third-order valence-corrected chi connectivity index (χ3v) is 5.25. The topological polar surface area (TPSA) is 12.5 Å². The Balaban J connectivity index is 1.76. The molecule has 2 aromatic rings. The number of ether oxygens (including phenoxy) is 1. The largest absolute Gasteiger partial charge is 0.372 e. The van der Waals surface area contributed by atoms with Gasteiger partial charge in [0.25, 0.3) is 0 Å². The molecule has 2 aliphatic heterocycles. The second-order valence-corrected chi connectivity index (χ2v) is 7.10. The van der Waals surface area contributed by atoms with Crippen LogP contribution in [0, 0.1) is 0 Å². The summed E-state index contributed by atoms with van der Waals surface area (Å²) in [5.74, 6) is 0. The number of fused-ring (bicyclic) bond motifs is 3. The van der Waals surface area contributed by atoms with Crippen molar-refractivity contribution in [1.29, 1.82) is 0 Å². The molecule has 1 saturated heterocycles. The summed E-state index contributed by atoms with van der Waals surface area (Å²) in [6.45, 7) is 5.11. The molecule has 0 unspecified atom stereocenters. The number of likely N-dealkylation sites (tertiary alicyclic amines) is 1. The van der Waals surface area contributed by atoms with E-state index in [0.717, 1.165) is 24.2 Å². The van der Waals surface area contributed by atoms with E-state index in [4.69, 9.17) is 4.74 Å². The lowest BCUT2D eigenvalue weighted by atomic mass is 9.95. The van der Waals surface area contributed by atoms with Gasteiger partial charge in [-0.1, -0.05) is 28.4 Å². The maximum absolute atomic E-state index is 5.76. The van der Waals surface area contributed by atoms with Crippen LogP contribution in [0.5, 0.6) is 0 Å². The zero-order valence-electron chi connectivity index (χ0n) is 12.2. The van der Waals surface area contributed by atoms with Crippen molar-refractivity contribution in [2.24, 2.45) is 0 Å². The summed E-state index contributed by atoms with van der Waals surface area (Å²) < 4.78 is 6.91. The van der Waals surface area contributed by atoms with E-state index in [0.29, 0.717) is 0 Å². The van der Waals surface area contributed by atoms with Crippen molar-refractivity contribution in [1.82, 2.24) is 4.90 Å². The maximum Gasteiger partial charge on any atom is 0.0731 e. The second kappa shape index (κ2) is 5.71. The Morgan fingerprint density at radius 2 is 1.81 bits per heavy atom. The smallest absolute Gasteiger partial charge is 0.0731 e. The van der Waals surface area contributed by atoms with E-state index >= 15 is 0 Å². The number of hydrogen-bond donors (Lipinski definition) is 0. The molecule has 110 valence electrons. The predicted octanol–water partition coefficient (Wildman–Crippen LogP) is 4.62. The molecular weight excluding hydrogens is 326 g/mol. The molecule has 2 nitrogen and oxygen atoms in total. The number of piperidine rings is 1. The van der Waals surface area contributed by atoms with Gasteiger partial charge in [0, 0.05) is 11.0 Å². The Morgan fingerprint density at radius 1 is 1.00 bits per heavy atom. The lowest BCUT2D eigenvalue weighted by molar-refractivity contribution is 0.134. The Labute approximate surface area is 134 Å². The molecule has 0 atom stereocenters. The minimum atomic E-state index is 0.760. The maximum atomic E-state index is 5.76. The fraction of sp³-hybridized carbons (Fsp3) is 0.444. The lowest BCUT2D eigenvalue weighted by Gasteiger charge is -2.27. The van der Waals surface area contributed by atoms with Gasteiger partial charge >= 0.3 is 0 Å². The number of halogens is 1. The molecule has 2 heterocycles. The van der Waals surface area contributed by atoms with Gasteiger partial charge in [0.05, 0.1) is 13.2 Å². The molecule has 1 fully saturated rings. The first-order valence-electron chi connectivity index (χ1n) is 7.84. The highest BCUT2D eigenvalue weighted by Gasteiger charge is 2.21. The Kier molecular flexibility index (Phi) is 3.74. The van der Waals surface area contributed by atoms with E-state index in [2.05, 4.69) is 45.1 Å². The number of rotatable bonds is 2. The van der Waals surface area contributed by atoms with Crippen molar-refractivity contribution in [3.8, 4) is 0 Å². The number of nitrogens with zero attached hydrogens (tertiary/aromatic N) is 1. The average molecular weight is 346 g/mol. The minimum Gasteiger partial charge on any atom is -0.372 e. The van der Waals surface area contributed by atoms with Crippen LogP contribution in [0.2, 0.25) is 0 Å². The Morgan fingerprint density at radius 3 is 2.67 bits per heavy atom. The van der Waals surface area contributed by atoms with E-state index in [1.165, 1.54) is 59.8 Å². The summed E-state index contributed by atoms with van der Waals surface area (Å²) in [7, 11) is 0. The van der Waals surface area contributed by atoms with Crippen LogP contribution < -0.4 is 0 Å². The first-order valence-corrected chi connectivity index (χ1v) is 8.63. The van der Waals surface area contributed by atoms with Crippen LogP contribution in [0.4, 0.5) is 0 Å². The molecule has 0 spiro atoms. The van der Waals surface area contributed by atoms with Crippen LogP contribution in [-0.4, -0.2) is 18.0 Å². The molecule has 21 heavy (non-hydrogen) atoms. The first kappa shape index (κ1) is 13.7. The van der Waals surface area contributed by atoms with Gasteiger partial charge in [0.15, 0.2) is 0 Å². The normalized spacial score (nSPS) is 19.1. The Bertz CT molecular complexity index is 676. The third kappa shape index (κ3) is 2.63. The van der Waals surface area contributed by atoms with E-state index in [1.807, 2.05) is 0 Å². The van der Waals surface area contributed by atoms with Gasteiger partial charge in [-0.15, -0.1) is 0 Å². The zero-order valence-corrected chi connectivity index (χ0v) is 13.8. The summed E-state index contributed by atoms with van der Waals surface area (Å²) in [5, 5.41) is 2.69. The van der Waals surface area contributed by atoms with E-state index < -0.39 is 0 Å². The molecule has 0 aliphatic carbocycles. The molecule has 0 radical (unpaired) electrons. The van der Waals surface area contributed by atoms with Gasteiger partial charge in [-0.25, -0.2) is 0 Å². The number of benzene rings is 2. The molecule has 4 rings (SSSR count). The molecule has 2 aliphatic rings. The van der Waals surface area contributed by atoms with Crippen molar-refractivity contribution in [3.05, 3.63) is 45.4 Å². The molecular formula is C18H20BrNO. The van der Waals surface area contributed by atoms with Gasteiger partial charge in [-0.2, -0.15) is 0 Å². The molecule has 2 aromatic carbocycles. The average Bonchev–Trinajstić information content (AvgIpc) is 2.99. The predicted molar refractivity (Wildman–Crippen MR) is 89.3 cm³/mol. The lowest BCUT2D eigenvalue weighted by Crippen LogP contribution is -2.29. The highest BCUT2D eigenvalue weighted by atomic mass is 79.9. The van der Waals surface area contributed by atoms with Crippen LogP contribution in [0.25, 0.3) is 10.8 Å². The van der Waals surface area contributed by atoms with E-state index in [1.54, 1.807) is 0 Å². The van der Waals surface area contributed by atoms with Gasteiger partial charge < -0.3 is 4.74 Å². The van der Waals surface area contributed by atoms with Crippen molar-refractivity contribution in [3.63, 3.8) is 0 Å². The summed E-state index contributed by atoms with van der Waals surface area (Å²) in [6.07, 6.45) is 4.09. The summed E-state index contributed by atoms with van der Waals surface area (Å²) in [6, 6.07) is 8.96.